The van der Waals surface area contributed by atoms with Crippen LogP contribution in [0.15, 0.2) is 24.3 Å². The number of hydrogen-bond donors (Lipinski definition) is 3. The van der Waals surface area contributed by atoms with E-state index >= 15 is 0 Å². The minimum atomic E-state index is -0.902. The molecule has 110 valence electrons. The number of nitrogens with two attached hydrogens (primary N) is 1. The fourth-order valence-corrected chi connectivity index (χ4v) is 2.00. The molecule has 20 heavy (non-hydrogen) atoms. The second-order valence-corrected chi connectivity index (χ2v) is 6.10. The number of aliphatic carboxylic acids is 1. The molecule has 0 saturated carbocycles. The zero-order chi connectivity index (χ0) is 15.3. The molecule has 0 bridgehead atoms. The molecule has 4 N–H and O–H groups in total. The lowest BCUT2D eigenvalue weighted by Gasteiger charge is -2.23. The van der Waals surface area contributed by atoms with Gasteiger partial charge in [-0.1, -0.05) is 32.9 Å². The molecule has 1 rings (SSSR count). The van der Waals surface area contributed by atoms with Crippen LogP contribution in [0.1, 0.15) is 37.6 Å². The summed E-state index contributed by atoms with van der Waals surface area (Å²) < 4.78 is 0. The minimum Gasteiger partial charge on any atom is -0.481 e. The average Bonchev–Trinajstić information content (AvgIpc) is 2.33. The highest BCUT2D eigenvalue weighted by molar-refractivity contribution is 5.99. The van der Waals surface area contributed by atoms with E-state index in [0.29, 0.717) is 17.7 Å². The Morgan fingerprint density at radius 3 is 2.40 bits per heavy atom. The van der Waals surface area contributed by atoms with Crippen LogP contribution in [0.2, 0.25) is 0 Å². The Bertz CT molecular complexity index is 492. The standard InChI is InChI=1S/C15H22N2O3/c1-15(2,3)8-10(14(19)20)9-17-13(18)11-6-4-5-7-12(11)16/h4-7,10H,8-9,16H2,1-3H3,(H,17,18)(H,19,20). The second kappa shape index (κ2) is 6.41. The number of hydrogen-bond acceptors (Lipinski definition) is 3. The summed E-state index contributed by atoms with van der Waals surface area (Å²) in [6.45, 7) is 6.01. The summed E-state index contributed by atoms with van der Waals surface area (Å²) in [4.78, 5) is 23.2. The predicted octanol–water partition coefficient (Wildman–Crippen LogP) is 2.14. The maximum atomic E-state index is 12.0. The van der Waals surface area contributed by atoms with E-state index in [2.05, 4.69) is 5.32 Å². The largest absolute Gasteiger partial charge is 0.481 e. The average molecular weight is 278 g/mol. The second-order valence-electron chi connectivity index (χ2n) is 6.10. The number of carbonyl (C=O) groups excluding carboxylic acids is 1. The number of rotatable bonds is 5. The van der Waals surface area contributed by atoms with Gasteiger partial charge in [0, 0.05) is 12.2 Å². The van der Waals surface area contributed by atoms with Crippen LogP contribution in [-0.2, 0) is 4.79 Å². The van der Waals surface area contributed by atoms with Gasteiger partial charge in [-0.25, -0.2) is 0 Å². The molecule has 1 unspecified atom stereocenters. The molecule has 1 aromatic carbocycles. The normalized spacial score (nSPS) is 12.8. The number of nitrogen functional groups attached to an aromatic ring is 1. The summed E-state index contributed by atoms with van der Waals surface area (Å²) in [5.74, 6) is -1.85. The van der Waals surface area contributed by atoms with Gasteiger partial charge >= 0.3 is 5.97 Å². The summed E-state index contributed by atoms with van der Waals surface area (Å²) >= 11 is 0. The smallest absolute Gasteiger partial charge is 0.308 e. The third kappa shape index (κ3) is 4.91. The van der Waals surface area contributed by atoms with Crippen LogP contribution < -0.4 is 11.1 Å². The van der Waals surface area contributed by atoms with Gasteiger partial charge in [0.05, 0.1) is 11.5 Å². The van der Waals surface area contributed by atoms with Crippen molar-refractivity contribution in [3.63, 3.8) is 0 Å². The Morgan fingerprint density at radius 2 is 1.90 bits per heavy atom. The summed E-state index contributed by atoms with van der Waals surface area (Å²) in [5, 5.41) is 11.8. The van der Waals surface area contributed by atoms with Gasteiger partial charge in [0.15, 0.2) is 0 Å². The zero-order valence-corrected chi connectivity index (χ0v) is 12.1. The lowest BCUT2D eigenvalue weighted by atomic mass is 9.84. The van der Waals surface area contributed by atoms with Crippen LogP contribution in [0.3, 0.4) is 0 Å². The summed E-state index contributed by atoms with van der Waals surface area (Å²) in [6.07, 6.45) is 0.493. The van der Waals surface area contributed by atoms with E-state index in [9.17, 15) is 14.7 Å². The number of amides is 1. The molecule has 1 atom stereocenters. The van der Waals surface area contributed by atoms with E-state index in [0.717, 1.165) is 0 Å². The van der Waals surface area contributed by atoms with Gasteiger partial charge in [-0.05, 0) is 24.0 Å². The highest BCUT2D eigenvalue weighted by atomic mass is 16.4. The Morgan fingerprint density at radius 1 is 1.30 bits per heavy atom. The van der Waals surface area contributed by atoms with Crippen molar-refractivity contribution in [2.24, 2.45) is 11.3 Å². The Balaban J connectivity index is 2.67. The maximum Gasteiger partial charge on any atom is 0.308 e. The van der Waals surface area contributed by atoms with Crippen LogP contribution in [0.4, 0.5) is 5.69 Å². The molecule has 0 aliphatic rings. The Hall–Kier alpha value is -2.04. The highest BCUT2D eigenvalue weighted by Crippen LogP contribution is 2.24. The van der Waals surface area contributed by atoms with Gasteiger partial charge in [-0.2, -0.15) is 0 Å². The maximum absolute atomic E-state index is 12.0. The van der Waals surface area contributed by atoms with Gasteiger partial charge < -0.3 is 16.2 Å². The number of benzene rings is 1. The van der Waals surface area contributed by atoms with Gasteiger partial charge in [0.1, 0.15) is 0 Å². The van der Waals surface area contributed by atoms with Crippen molar-refractivity contribution in [1.29, 1.82) is 0 Å². The third-order valence-electron chi connectivity index (χ3n) is 2.92. The molecular formula is C15H22N2O3. The van der Waals surface area contributed by atoms with E-state index in [4.69, 9.17) is 5.73 Å². The first-order valence-electron chi connectivity index (χ1n) is 6.56. The van der Waals surface area contributed by atoms with Crippen LogP contribution in [-0.4, -0.2) is 23.5 Å². The number of nitrogens with one attached hydrogen (secondary N) is 1. The number of carbonyl (C=O) groups is 2. The Kier molecular flexibility index (Phi) is 5.13. The molecule has 5 nitrogen and oxygen atoms in total. The molecule has 0 aromatic heterocycles. The van der Waals surface area contributed by atoms with Crippen molar-refractivity contribution in [2.45, 2.75) is 27.2 Å². The summed E-state index contributed by atoms with van der Waals surface area (Å²) in [5.41, 5.74) is 6.35. The molecule has 0 aliphatic heterocycles. The van der Waals surface area contributed by atoms with Crippen molar-refractivity contribution >= 4 is 17.6 Å². The molecule has 1 aromatic rings. The first kappa shape index (κ1) is 16.0. The molecular weight excluding hydrogens is 256 g/mol. The van der Waals surface area contributed by atoms with Crippen LogP contribution >= 0.6 is 0 Å². The van der Waals surface area contributed by atoms with Gasteiger partial charge in [-0.3, -0.25) is 9.59 Å². The van der Waals surface area contributed by atoms with E-state index < -0.39 is 11.9 Å². The topological polar surface area (TPSA) is 92.4 Å². The summed E-state index contributed by atoms with van der Waals surface area (Å²) in [6, 6.07) is 6.71. The van der Waals surface area contributed by atoms with Crippen molar-refractivity contribution in [3.8, 4) is 0 Å². The van der Waals surface area contributed by atoms with Crippen molar-refractivity contribution in [3.05, 3.63) is 29.8 Å². The van der Waals surface area contributed by atoms with Crippen molar-refractivity contribution in [2.75, 3.05) is 12.3 Å². The Labute approximate surface area is 119 Å². The quantitative estimate of drug-likeness (QED) is 0.719. The molecule has 0 heterocycles. The number of carboxylic acid groups (broad SMARTS) is 1. The van der Waals surface area contributed by atoms with Crippen LogP contribution in [0.5, 0.6) is 0 Å². The van der Waals surface area contributed by atoms with E-state index in [1.165, 1.54) is 0 Å². The monoisotopic (exact) mass is 278 g/mol. The van der Waals surface area contributed by atoms with E-state index in [1.54, 1.807) is 24.3 Å². The molecule has 5 heteroatoms. The fourth-order valence-electron chi connectivity index (χ4n) is 2.00. The van der Waals surface area contributed by atoms with Gasteiger partial charge in [0.25, 0.3) is 5.91 Å². The molecule has 0 spiro atoms. The molecule has 0 radical (unpaired) electrons. The first-order valence-corrected chi connectivity index (χ1v) is 6.56. The molecule has 0 saturated heterocycles. The molecule has 0 aliphatic carbocycles. The fraction of sp³-hybridized carbons (Fsp3) is 0.467. The molecule has 1 amide bonds. The van der Waals surface area contributed by atoms with Crippen LogP contribution in [0.25, 0.3) is 0 Å². The SMILES string of the molecule is CC(C)(C)CC(CNC(=O)c1ccccc1N)C(=O)O. The van der Waals surface area contributed by atoms with Crippen LogP contribution in [0, 0.1) is 11.3 Å². The van der Waals surface area contributed by atoms with Gasteiger partial charge in [-0.15, -0.1) is 0 Å². The lowest BCUT2D eigenvalue weighted by Crippen LogP contribution is -2.35. The number of para-hydroxylation sites is 1. The summed E-state index contributed by atoms with van der Waals surface area (Å²) in [7, 11) is 0. The predicted molar refractivity (Wildman–Crippen MR) is 78.4 cm³/mol. The highest BCUT2D eigenvalue weighted by Gasteiger charge is 2.25. The van der Waals surface area contributed by atoms with Crippen molar-refractivity contribution < 1.29 is 14.7 Å². The number of carboxylic acids is 1. The van der Waals surface area contributed by atoms with Crippen molar-refractivity contribution in [1.82, 2.24) is 5.32 Å². The van der Waals surface area contributed by atoms with E-state index in [-0.39, 0.29) is 17.9 Å². The van der Waals surface area contributed by atoms with Gasteiger partial charge in [0.2, 0.25) is 0 Å². The van der Waals surface area contributed by atoms with E-state index in [1.807, 2.05) is 20.8 Å². The number of anilines is 1. The first-order chi connectivity index (χ1) is 9.20. The molecule has 0 fully saturated rings. The third-order valence-corrected chi connectivity index (χ3v) is 2.92. The zero-order valence-electron chi connectivity index (χ0n) is 12.1. The lowest BCUT2D eigenvalue weighted by molar-refractivity contribution is -0.142. The minimum absolute atomic E-state index is 0.0970.